The highest BCUT2D eigenvalue weighted by Gasteiger charge is 2.18. The maximum Gasteiger partial charge on any atom is 0.228 e. The number of nitrogens with zero attached hydrogens (tertiary/aromatic N) is 1. The van der Waals surface area contributed by atoms with Crippen molar-refractivity contribution in [3.63, 3.8) is 0 Å². The van der Waals surface area contributed by atoms with E-state index < -0.39 is 0 Å². The Balaban J connectivity index is 1.57. The fourth-order valence-corrected chi connectivity index (χ4v) is 3.31. The summed E-state index contributed by atoms with van der Waals surface area (Å²) in [6.45, 7) is 2.01. The van der Waals surface area contributed by atoms with Gasteiger partial charge in [-0.1, -0.05) is 24.3 Å². The Hall–Kier alpha value is -3.01. The summed E-state index contributed by atoms with van der Waals surface area (Å²) >= 11 is 0. The van der Waals surface area contributed by atoms with Crippen LogP contribution in [0.5, 0.6) is 0 Å². The van der Waals surface area contributed by atoms with Gasteiger partial charge in [-0.15, -0.1) is 0 Å². The molecule has 3 aromatic rings. The number of rotatable bonds is 4. The van der Waals surface area contributed by atoms with Crippen molar-refractivity contribution in [1.29, 1.82) is 0 Å². The lowest BCUT2D eigenvalue weighted by Crippen LogP contribution is -2.03. The van der Waals surface area contributed by atoms with Gasteiger partial charge < -0.3 is 5.32 Å². The molecule has 4 rings (SSSR count). The zero-order valence-electron chi connectivity index (χ0n) is 14.6. The summed E-state index contributed by atoms with van der Waals surface area (Å²) in [5, 5.41) is 2.89. The van der Waals surface area contributed by atoms with Gasteiger partial charge in [0.25, 0.3) is 0 Å². The molecule has 1 amide bonds. The molecule has 0 atom stereocenters. The van der Waals surface area contributed by atoms with Crippen LogP contribution in [-0.4, -0.2) is 10.9 Å². The number of amides is 1. The fourth-order valence-electron chi connectivity index (χ4n) is 3.31. The van der Waals surface area contributed by atoms with Crippen LogP contribution in [0, 0.1) is 12.7 Å². The van der Waals surface area contributed by atoms with Crippen molar-refractivity contribution in [3.8, 4) is 11.1 Å². The Morgan fingerprint density at radius 3 is 2.65 bits per heavy atom. The molecule has 0 fully saturated rings. The van der Waals surface area contributed by atoms with Crippen LogP contribution in [0.2, 0.25) is 0 Å². The predicted molar refractivity (Wildman–Crippen MR) is 101 cm³/mol. The Kier molecular flexibility index (Phi) is 4.25. The first kappa shape index (κ1) is 16.5. The number of carbonyl (C=O) groups excluding carboxylic acids is 1. The molecule has 0 bridgehead atoms. The third-order valence-corrected chi connectivity index (χ3v) is 4.86. The lowest BCUT2D eigenvalue weighted by Gasteiger charge is -2.10. The monoisotopic (exact) mass is 346 g/mol. The minimum absolute atomic E-state index is 0.0409. The molecular weight excluding hydrogens is 327 g/mol. The second-order valence-corrected chi connectivity index (χ2v) is 6.69. The maximum absolute atomic E-state index is 13.0. The van der Waals surface area contributed by atoms with Crippen LogP contribution >= 0.6 is 0 Å². The van der Waals surface area contributed by atoms with E-state index in [0.717, 1.165) is 46.5 Å². The summed E-state index contributed by atoms with van der Waals surface area (Å²) in [5.41, 5.74) is 7.30. The molecule has 2 aromatic carbocycles. The first-order valence-corrected chi connectivity index (χ1v) is 8.71. The van der Waals surface area contributed by atoms with Gasteiger partial charge in [-0.2, -0.15) is 0 Å². The van der Waals surface area contributed by atoms with E-state index in [1.807, 2.05) is 43.5 Å². The number of carbonyl (C=O) groups is 1. The Labute approximate surface area is 151 Å². The number of pyridine rings is 1. The summed E-state index contributed by atoms with van der Waals surface area (Å²) in [4.78, 5) is 16.1. The van der Waals surface area contributed by atoms with Gasteiger partial charge in [-0.25, -0.2) is 4.39 Å². The molecular formula is C22H19FN2O. The van der Waals surface area contributed by atoms with Crippen molar-refractivity contribution in [3.05, 3.63) is 82.9 Å². The third-order valence-electron chi connectivity index (χ3n) is 4.86. The van der Waals surface area contributed by atoms with Crippen molar-refractivity contribution >= 4 is 11.6 Å². The largest absolute Gasteiger partial charge is 0.326 e. The number of hydrogen-bond acceptors (Lipinski definition) is 2. The van der Waals surface area contributed by atoms with Crippen LogP contribution in [0.1, 0.15) is 22.4 Å². The molecule has 3 nitrogen and oxygen atoms in total. The lowest BCUT2D eigenvalue weighted by atomic mass is 9.98. The van der Waals surface area contributed by atoms with Gasteiger partial charge in [0.15, 0.2) is 0 Å². The molecule has 1 aliphatic rings. The Bertz CT molecular complexity index is 980. The van der Waals surface area contributed by atoms with Gasteiger partial charge in [0.05, 0.1) is 6.42 Å². The molecule has 0 unspecified atom stereocenters. The molecule has 0 radical (unpaired) electrons. The smallest absolute Gasteiger partial charge is 0.228 e. The standard InChI is InChI=1S/C22H19FN2O/c1-14-16(5-2-15-3-8-20(23)9-4-15)10-19(13-24-14)17-6-7-18-12-22(26)25-21(18)11-17/h3-4,6-11,13H,2,5,12H2,1H3,(H,25,26). The summed E-state index contributed by atoms with van der Waals surface area (Å²) < 4.78 is 13.0. The van der Waals surface area contributed by atoms with E-state index in [1.54, 1.807) is 0 Å². The first-order chi connectivity index (χ1) is 12.6. The quantitative estimate of drug-likeness (QED) is 0.757. The molecule has 0 spiro atoms. The fraction of sp³-hybridized carbons (Fsp3) is 0.182. The molecule has 4 heteroatoms. The topological polar surface area (TPSA) is 42.0 Å². The van der Waals surface area contributed by atoms with E-state index in [9.17, 15) is 9.18 Å². The van der Waals surface area contributed by atoms with Crippen molar-refractivity contribution < 1.29 is 9.18 Å². The summed E-state index contributed by atoms with van der Waals surface area (Å²) in [5.74, 6) is -0.170. The number of aromatic nitrogens is 1. The van der Waals surface area contributed by atoms with Gasteiger partial charge in [-0.3, -0.25) is 9.78 Å². The van der Waals surface area contributed by atoms with Crippen LogP contribution in [0.15, 0.2) is 54.7 Å². The van der Waals surface area contributed by atoms with Gasteiger partial charge in [0.1, 0.15) is 5.82 Å². The second-order valence-electron chi connectivity index (χ2n) is 6.69. The van der Waals surface area contributed by atoms with E-state index in [2.05, 4.69) is 16.4 Å². The van der Waals surface area contributed by atoms with Crippen molar-refractivity contribution in [2.24, 2.45) is 0 Å². The van der Waals surface area contributed by atoms with Crippen LogP contribution < -0.4 is 5.32 Å². The van der Waals surface area contributed by atoms with E-state index in [4.69, 9.17) is 0 Å². The molecule has 1 aliphatic heterocycles. The summed E-state index contributed by atoms with van der Waals surface area (Å²) in [6, 6.07) is 14.8. The minimum atomic E-state index is -0.211. The van der Waals surface area contributed by atoms with Crippen LogP contribution in [0.25, 0.3) is 11.1 Å². The highest BCUT2D eigenvalue weighted by Crippen LogP contribution is 2.30. The number of aryl methyl sites for hydroxylation is 3. The molecule has 2 heterocycles. The van der Waals surface area contributed by atoms with E-state index >= 15 is 0 Å². The normalized spacial score (nSPS) is 12.8. The molecule has 1 N–H and O–H groups in total. The van der Waals surface area contributed by atoms with Gasteiger partial charge in [0.2, 0.25) is 5.91 Å². The van der Waals surface area contributed by atoms with Crippen molar-refractivity contribution in [2.45, 2.75) is 26.2 Å². The predicted octanol–water partition coefficient (Wildman–Crippen LogP) is 4.48. The molecule has 0 aliphatic carbocycles. The average Bonchev–Trinajstić information content (AvgIpc) is 3.01. The van der Waals surface area contributed by atoms with Gasteiger partial charge in [0, 0.05) is 23.1 Å². The summed E-state index contributed by atoms with van der Waals surface area (Å²) in [7, 11) is 0. The molecule has 130 valence electrons. The number of fused-ring (bicyclic) bond motifs is 1. The highest BCUT2D eigenvalue weighted by molar-refractivity contribution is 5.99. The van der Waals surface area contributed by atoms with Crippen molar-refractivity contribution in [1.82, 2.24) is 4.98 Å². The SMILES string of the molecule is Cc1ncc(-c2ccc3c(c2)NC(=O)C3)cc1CCc1ccc(F)cc1. The van der Waals surface area contributed by atoms with E-state index in [1.165, 1.54) is 17.7 Å². The average molecular weight is 346 g/mol. The first-order valence-electron chi connectivity index (χ1n) is 8.71. The van der Waals surface area contributed by atoms with Gasteiger partial charge in [-0.05, 0) is 66.3 Å². The number of halogens is 1. The van der Waals surface area contributed by atoms with Crippen molar-refractivity contribution in [2.75, 3.05) is 5.32 Å². The zero-order valence-corrected chi connectivity index (χ0v) is 14.6. The van der Waals surface area contributed by atoms with Gasteiger partial charge >= 0.3 is 0 Å². The van der Waals surface area contributed by atoms with E-state index in [0.29, 0.717) is 6.42 Å². The third kappa shape index (κ3) is 3.36. The molecule has 1 aromatic heterocycles. The molecule has 0 saturated carbocycles. The zero-order chi connectivity index (χ0) is 18.1. The highest BCUT2D eigenvalue weighted by atomic mass is 19.1. The van der Waals surface area contributed by atoms with Crippen LogP contribution in [-0.2, 0) is 24.1 Å². The maximum atomic E-state index is 13.0. The number of benzene rings is 2. The Morgan fingerprint density at radius 1 is 1.04 bits per heavy atom. The number of nitrogens with one attached hydrogen (secondary N) is 1. The second kappa shape index (κ2) is 6.71. The molecule has 26 heavy (non-hydrogen) atoms. The minimum Gasteiger partial charge on any atom is -0.326 e. The number of hydrogen-bond donors (Lipinski definition) is 1. The number of anilines is 1. The van der Waals surface area contributed by atoms with Crippen LogP contribution in [0.3, 0.4) is 0 Å². The van der Waals surface area contributed by atoms with Crippen LogP contribution in [0.4, 0.5) is 10.1 Å². The Morgan fingerprint density at radius 2 is 1.85 bits per heavy atom. The summed E-state index contributed by atoms with van der Waals surface area (Å²) in [6.07, 6.45) is 4.01. The molecule has 0 saturated heterocycles. The lowest BCUT2D eigenvalue weighted by molar-refractivity contribution is -0.115. The van der Waals surface area contributed by atoms with E-state index in [-0.39, 0.29) is 11.7 Å².